The molecule has 0 atom stereocenters. The number of likely N-dealkylation sites (N-methyl/N-ethyl adjacent to an activating group) is 1. The minimum absolute atomic E-state index is 0.431. The van der Waals surface area contributed by atoms with Crippen molar-refractivity contribution in [1.82, 2.24) is 4.73 Å². The van der Waals surface area contributed by atoms with E-state index in [9.17, 15) is 9.90 Å². The molecule has 5 nitrogen and oxygen atoms in total. The smallest absolute Gasteiger partial charge is 0.257 e. The molecule has 0 unspecified atom stereocenters. The number of benzene rings is 1. The SMILES string of the molecule is CCN(C(=O)C[O])c1cc2ccccc2n1OC. The van der Waals surface area contributed by atoms with Crippen molar-refractivity contribution in [2.24, 2.45) is 0 Å². The van der Waals surface area contributed by atoms with Crippen LogP contribution in [0.3, 0.4) is 0 Å². The van der Waals surface area contributed by atoms with Gasteiger partial charge in [-0.1, -0.05) is 18.2 Å². The summed E-state index contributed by atoms with van der Waals surface area (Å²) in [6.07, 6.45) is 0. The molecule has 1 aromatic carbocycles. The number of hydrogen-bond acceptors (Lipinski definition) is 2. The average Bonchev–Trinajstić information content (AvgIpc) is 2.77. The lowest BCUT2D eigenvalue weighted by Crippen LogP contribution is -2.34. The molecule has 2 aromatic rings. The Bertz CT molecular complexity index is 562. The second-order valence-electron chi connectivity index (χ2n) is 3.82. The van der Waals surface area contributed by atoms with Gasteiger partial charge in [0.25, 0.3) is 5.91 Å². The van der Waals surface area contributed by atoms with Gasteiger partial charge in [0, 0.05) is 11.9 Å². The Morgan fingerprint density at radius 2 is 2.11 bits per heavy atom. The summed E-state index contributed by atoms with van der Waals surface area (Å²) in [7, 11) is 1.53. The van der Waals surface area contributed by atoms with Crippen molar-refractivity contribution >= 4 is 22.6 Å². The van der Waals surface area contributed by atoms with E-state index < -0.39 is 12.5 Å². The zero-order chi connectivity index (χ0) is 13.1. The molecule has 18 heavy (non-hydrogen) atoms. The van der Waals surface area contributed by atoms with Crippen LogP contribution >= 0.6 is 0 Å². The van der Waals surface area contributed by atoms with Gasteiger partial charge < -0.3 is 4.84 Å². The number of fused-ring (bicyclic) bond motifs is 1. The van der Waals surface area contributed by atoms with E-state index >= 15 is 0 Å². The minimum atomic E-state index is -0.765. The molecular weight excluding hydrogens is 232 g/mol. The first kappa shape index (κ1) is 12.4. The lowest BCUT2D eigenvalue weighted by molar-refractivity contribution is -0.123. The van der Waals surface area contributed by atoms with Gasteiger partial charge in [-0.3, -0.25) is 9.69 Å². The Morgan fingerprint density at radius 1 is 1.39 bits per heavy atom. The van der Waals surface area contributed by atoms with E-state index in [0.29, 0.717) is 12.4 Å². The van der Waals surface area contributed by atoms with Crippen LogP contribution in [0.4, 0.5) is 5.82 Å². The van der Waals surface area contributed by atoms with Crippen LogP contribution in [0.1, 0.15) is 6.92 Å². The number of rotatable bonds is 4. The molecule has 1 radical (unpaired) electrons. The van der Waals surface area contributed by atoms with Crippen LogP contribution in [0.2, 0.25) is 0 Å². The van der Waals surface area contributed by atoms with Crippen molar-refractivity contribution in [2.75, 3.05) is 25.2 Å². The highest BCUT2D eigenvalue weighted by molar-refractivity contribution is 5.96. The van der Waals surface area contributed by atoms with E-state index in [4.69, 9.17) is 4.84 Å². The summed E-state index contributed by atoms with van der Waals surface area (Å²) >= 11 is 0. The summed E-state index contributed by atoms with van der Waals surface area (Å²) < 4.78 is 1.56. The number of para-hydroxylation sites is 1. The number of amides is 1. The van der Waals surface area contributed by atoms with Crippen molar-refractivity contribution in [1.29, 1.82) is 0 Å². The Hall–Kier alpha value is -2.01. The summed E-state index contributed by atoms with van der Waals surface area (Å²) in [5.41, 5.74) is 0.868. The Labute approximate surface area is 105 Å². The van der Waals surface area contributed by atoms with E-state index in [1.54, 1.807) is 4.73 Å². The first-order chi connectivity index (χ1) is 8.72. The molecule has 0 bridgehead atoms. The normalized spacial score (nSPS) is 10.6. The summed E-state index contributed by atoms with van der Waals surface area (Å²) in [4.78, 5) is 18.4. The van der Waals surface area contributed by atoms with Crippen LogP contribution in [0.15, 0.2) is 30.3 Å². The fourth-order valence-electron chi connectivity index (χ4n) is 2.04. The summed E-state index contributed by atoms with van der Waals surface area (Å²) in [6, 6.07) is 9.49. The van der Waals surface area contributed by atoms with Gasteiger partial charge in [0.05, 0.1) is 5.52 Å². The van der Waals surface area contributed by atoms with Gasteiger partial charge >= 0.3 is 0 Å². The molecule has 1 aromatic heterocycles. The third kappa shape index (κ3) is 1.93. The molecular formula is C13H15N2O3. The molecule has 0 saturated carbocycles. The highest BCUT2D eigenvalue weighted by atomic mass is 16.6. The van der Waals surface area contributed by atoms with Gasteiger partial charge in [0.2, 0.25) is 0 Å². The van der Waals surface area contributed by atoms with Crippen LogP contribution in [0, 0.1) is 0 Å². The lowest BCUT2D eigenvalue weighted by Gasteiger charge is -2.20. The monoisotopic (exact) mass is 247 g/mol. The topological polar surface area (TPSA) is 54.4 Å². The molecule has 0 spiro atoms. The van der Waals surface area contributed by atoms with Crippen molar-refractivity contribution in [2.45, 2.75) is 6.92 Å². The maximum absolute atomic E-state index is 11.6. The quantitative estimate of drug-likeness (QED) is 0.821. The van der Waals surface area contributed by atoms with E-state index in [1.165, 1.54) is 12.0 Å². The number of hydrogen-bond donors (Lipinski definition) is 0. The molecule has 0 saturated heterocycles. The van der Waals surface area contributed by atoms with Crippen molar-refractivity contribution < 1.29 is 14.7 Å². The van der Waals surface area contributed by atoms with E-state index in [0.717, 1.165) is 10.9 Å². The van der Waals surface area contributed by atoms with Gasteiger partial charge in [-0.05, 0) is 19.1 Å². The number of carbonyl (C=O) groups is 1. The van der Waals surface area contributed by atoms with Crippen LogP contribution in [0.25, 0.3) is 10.9 Å². The number of carbonyl (C=O) groups excluding carboxylic acids is 1. The van der Waals surface area contributed by atoms with E-state index in [-0.39, 0.29) is 0 Å². The summed E-state index contributed by atoms with van der Waals surface area (Å²) in [5, 5.41) is 11.7. The minimum Gasteiger partial charge on any atom is -0.415 e. The second-order valence-corrected chi connectivity index (χ2v) is 3.82. The fraction of sp³-hybridized carbons (Fsp3) is 0.308. The Morgan fingerprint density at radius 3 is 2.72 bits per heavy atom. The summed E-state index contributed by atoms with van der Waals surface area (Å²) in [5.74, 6) is 0.126. The average molecular weight is 247 g/mol. The van der Waals surface area contributed by atoms with Crippen molar-refractivity contribution in [3.05, 3.63) is 30.3 Å². The van der Waals surface area contributed by atoms with Crippen LogP contribution in [0.5, 0.6) is 0 Å². The number of anilines is 1. The summed E-state index contributed by atoms with van der Waals surface area (Å²) in [6.45, 7) is 1.49. The standard InChI is InChI=1S/C13H15N2O3/c1-3-14(13(17)9-16)12-8-10-6-4-5-7-11(10)15(12)18-2/h4-8H,3,9H2,1-2H3. The fourth-order valence-corrected chi connectivity index (χ4v) is 2.04. The third-order valence-electron chi connectivity index (χ3n) is 2.85. The van der Waals surface area contributed by atoms with Gasteiger partial charge in [-0.2, -0.15) is 4.73 Å². The molecule has 1 amide bonds. The van der Waals surface area contributed by atoms with Gasteiger partial charge in [-0.25, -0.2) is 5.11 Å². The van der Waals surface area contributed by atoms with E-state index in [1.807, 2.05) is 37.3 Å². The molecule has 0 N–H and O–H groups in total. The molecule has 0 aliphatic heterocycles. The van der Waals surface area contributed by atoms with E-state index in [2.05, 4.69) is 0 Å². The largest absolute Gasteiger partial charge is 0.415 e. The number of nitrogens with zero attached hydrogens (tertiary/aromatic N) is 2. The molecule has 95 valence electrons. The zero-order valence-corrected chi connectivity index (χ0v) is 10.4. The van der Waals surface area contributed by atoms with Crippen LogP contribution < -0.4 is 9.74 Å². The predicted octanol–water partition coefficient (Wildman–Crippen LogP) is 1.48. The van der Waals surface area contributed by atoms with Crippen LogP contribution in [-0.2, 0) is 9.90 Å². The molecule has 1 heterocycles. The maximum Gasteiger partial charge on any atom is 0.257 e. The van der Waals surface area contributed by atoms with Gasteiger partial charge in [0.1, 0.15) is 7.11 Å². The predicted molar refractivity (Wildman–Crippen MR) is 68.0 cm³/mol. The van der Waals surface area contributed by atoms with Crippen molar-refractivity contribution in [3.63, 3.8) is 0 Å². The maximum atomic E-state index is 11.6. The van der Waals surface area contributed by atoms with Crippen molar-refractivity contribution in [3.8, 4) is 0 Å². The molecule has 0 aliphatic carbocycles. The molecule has 0 fully saturated rings. The third-order valence-corrected chi connectivity index (χ3v) is 2.85. The molecule has 0 aliphatic rings. The number of aromatic nitrogens is 1. The highest BCUT2D eigenvalue weighted by Gasteiger charge is 2.19. The first-order valence-electron chi connectivity index (χ1n) is 5.76. The Balaban J connectivity index is 2.58. The first-order valence-corrected chi connectivity index (χ1v) is 5.76. The Kier molecular flexibility index (Phi) is 3.53. The van der Waals surface area contributed by atoms with Gasteiger partial charge in [-0.15, -0.1) is 0 Å². The zero-order valence-electron chi connectivity index (χ0n) is 10.4. The second kappa shape index (κ2) is 5.10. The lowest BCUT2D eigenvalue weighted by atomic mass is 10.2. The molecule has 2 rings (SSSR count). The molecule has 5 heteroatoms. The van der Waals surface area contributed by atoms with Crippen LogP contribution in [-0.4, -0.2) is 30.9 Å². The highest BCUT2D eigenvalue weighted by Crippen LogP contribution is 2.25. The van der Waals surface area contributed by atoms with Gasteiger partial charge in [0.15, 0.2) is 12.4 Å².